The average Bonchev–Trinajstić information content (AvgIpc) is 2.47. The predicted molar refractivity (Wildman–Crippen MR) is 53.2 cm³/mol. The largest absolute Gasteiger partial charge is 0.340 e. The minimum absolute atomic E-state index is 0.122. The van der Waals surface area contributed by atoms with E-state index in [1.165, 1.54) is 11.3 Å². The van der Waals surface area contributed by atoms with Gasteiger partial charge in [-0.3, -0.25) is 4.79 Å². The molecule has 0 aliphatic heterocycles. The van der Waals surface area contributed by atoms with E-state index in [2.05, 4.69) is 27.2 Å². The van der Waals surface area contributed by atoms with E-state index in [4.69, 9.17) is 6.42 Å². The Kier molecular flexibility index (Phi) is 3.32. The van der Waals surface area contributed by atoms with Gasteiger partial charge in [-0.05, 0) is 22.0 Å². The summed E-state index contributed by atoms with van der Waals surface area (Å²) in [4.78, 5) is 11.9. The summed E-state index contributed by atoms with van der Waals surface area (Å²) in [5.74, 6) is 2.21. The lowest BCUT2D eigenvalue weighted by Crippen LogP contribution is -2.22. The van der Waals surface area contributed by atoms with Crippen molar-refractivity contribution in [2.24, 2.45) is 0 Å². The normalized spacial score (nSPS) is 9.00. The van der Waals surface area contributed by atoms with Gasteiger partial charge in [-0.15, -0.1) is 17.8 Å². The maximum atomic E-state index is 11.2. The minimum Gasteiger partial charge on any atom is -0.340 e. The number of terminal acetylenes is 1. The number of amides is 1. The maximum Gasteiger partial charge on any atom is 0.262 e. The summed E-state index contributed by atoms with van der Waals surface area (Å²) in [6.45, 7) is 0.272. The van der Waals surface area contributed by atoms with E-state index in [9.17, 15) is 4.79 Å². The van der Waals surface area contributed by atoms with Crippen LogP contribution in [0.15, 0.2) is 15.9 Å². The molecule has 0 saturated heterocycles. The third-order valence-corrected chi connectivity index (χ3v) is 2.83. The van der Waals surface area contributed by atoms with Crippen molar-refractivity contribution >= 4 is 33.2 Å². The first-order chi connectivity index (χ1) is 5.74. The van der Waals surface area contributed by atoms with Crippen LogP contribution in [0.1, 0.15) is 9.67 Å². The van der Waals surface area contributed by atoms with Crippen LogP contribution < -0.4 is 5.32 Å². The molecule has 0 bridgehead atoms. The van der Waals surface area contributed by atoms with Gasteiger partial charge in [-0.2, -0.15) is 0 Å². The van der Waals surface area contributed by atoms with Gasteiger partial charge < -0.3 is 5.32 Å². The van der Waals surface area contributed by atoms with Crippen molar-refractivity contribution in [1.29, 1.82) is 0 Å². The fourth-order valence-corrected chi connectivity index (χ4v) is 1.99. The molecule has 4 heteroatoms. The highest BCUT2D eigenvalue weighted by atomic mass is 79.9. The molecular formula is C8H6BrNOS. The van der Waals surface area contributed by atoms with Gasteiger partial charge in [0.05, 0.1) is 11.4 Å². The van der Waals surface area contributed by atoms with Crippen molar-refractivity contribution in [2.45, 2.75) is 0 Å². The van der Waals surface area contributed by atoms with Gasteiger partial charge in [0.25, 0.3) is 5.91 Å². The van der Waals surface area contributed by atoms with E-state index >= 15 is 0 Å². The SMILES string of the molecule is C#CCNC(=O)c1cc(Br)cs1. The molecule has 0 aliphatic carbocycles. The molecule has 1 heterocycles. The molecule has 0 aliphatic rings. The number of thiophene rings is 1. The number of hydrogen-bond acceptors (Lipinski definition) is 2. The van der Waals surface area contributed by atoms with Crippen molar-refractivity contribution < 1.29 is 4.79 Å². The van der Waals surface area contributed by atoms with Gasteiger partial charge in [0.15, 0.2) is 0 Å². The van der Waals surface area contributed by atoms with Crippen molar-refractivity contribution in [2.75, 3.05) is 6.54 Å². The second kappa shape index (κ2) is 4.29. The van der Waals surface area contributed by atoms with Gasteiger partial charge >= 0.3 is 0 Å². The van der Waals surface area contributed by atoms with Gasteiger partial charge in [-0.25, -0.2) is 0 Å². The van der Waals surface area contributed by atoms with Crippen LogP contribution in [0.2, 0.25) is 0 Å². The quantitative estimate of drug-likeness (QED) is 0.790. The maximum absolute atomic E-state index is 11.2. The van der Waals surface area contributed by atoms with E-state index in [1.54, 1.807) is 6.07 Å². The molecule has 62 valence electrons. The molecule has 1 aromatic rings. The molecule has 1 amide bonds. The Labute approximate surface area is 83.1 Å². The molecule has 0 atom stereocenters. The second-order valence-corrected chi connectivity index (χ2v) is 3.84. The summed E-state index contributed by atoms with van der Waals surface area (Å²) in [6.07, 6.45) is 4.99. The highest BCUT2D eigenvalue weighted by Gasteiger charge is 2.05. The first-order valence-electron chi connectivity index (χ1n) is 3.19. The van der Waals surface area contributed by atoms with E-state index in [1.807, 2.05) is 5.38 Å². The molecule has 1 aromatic heterocycles. The Morgan fingerprint density at radius 1 is 1.83 bits per heavy atom. The highest BCUT2D eigenvalue weighted by molar-refractivity contribution is 9.10. The zero-order valence-electron chi connectivity index (χ0n) is 6.13. The van der Waals surface area contributed by atoms with Crippen molar-refractivity contribution in [3.05, 3.63) is 20.8 Å². The fourth-order valence-electron chi connectivity index (χ4n) is 0.651. The molecule has 1 N–H and O–H groups in total. The summed E-state index contributed by atoms with van der Waals surface area (Å²) in [5.41, 5.74) is 0. The Bertz CT molecular complexity index is 326. The lowest BCUT2D eigenvalue weighted by molar-refractivity contribution is 0.0962. The Morgan fingerprint density at radius 3 is 3.08 bits per heavy atom. The molecule has 0 unspecified atom stereocenters. The third kappa shape index (κ3) is 2.36. The van der Waals surface area contributed by atoms with Gasteiger partial charge in [0.2, 0.25) is 0 Å². The van der Waals surface area contributed by atoms with E-state index in [0.717, 1.165) is 4.47 Å². The van der Waals surface area contributed by atoms with E-state index in [-0.39, 0.29) is 12.5 Å². The predicted octanol–water partition coefficient (Wildman–Crippen LogP) is 1.87. The van der Waals surface area contributed by atoms with Crippen LogP contribution in [0.3, 0.4) is 0 Å². The third-order valence-electron chi connectivity index (χ3n) is 1.14. The first kappa shape index (κ1) is 9.30. The summed E-state index contributed by atoms with van der Waals surface area (Å²) >= 11 is 4.64. The van der Waals surface area contributed by atoms with E-state index in [0.29, 0.717) is 4.88 Å². The summed E-state index contributed by atoms with van der Waals surface area (Å²) in [7, 11) is 0. The summed E-state index contributed by atoms with van der Waals surface area (Å²) in [5, 5.41) is 4.43. The number of nitrogens with one attached hydrogen (secondary N) is 1. The standard InChI is InChI=1S/C8H6BrNOS/c1-2-3-10-8(11)7-4-6(9)5-12-7/h1,4-5H,3H2,(H,10,11). The van der Waals surface area contributed by atoms with Gasteiger partial charge in [0.1, 0.15) is 0 Å². The smallest absolute Gasteiger partial charge is 0.262 e. The zero-order valence-corrected chi connectivity index (χ0v) is 8.54. The Hall–Kier alpha value is -0.790. The van der Waals surface area contributed by atoms with Gasteiger partial charge in [-0.1, -0.05) is 5.92 Å². The topological polar surface area (TPSA) is 29.1 Å². The number of carbonyl (C=O) groups is 1. The van der Waals surface area contributed by atoms with Crippen LogP contribution in [0.4, 0.5) is 0 Å². The molecule has 12 heavy (non-hydrogen) atoms. The number of rotatable bonds is 2. The molecule has 1 rings (SSSR count). The molecule has 0 spiro atoms. The molecule has 0 radical (unpaired) electrons. The Balaban J connectivity index is 2.61. The van der Waals surface area contributed by atoms with Crippen molar-refractivity contribution in [3.63, 3.8) is 0 Å². The Morgan fingerprint density at radius 2 is 2.58 bits per heavy atom. The molecule has 0 saturated carbocycles. The zero-order chi connectivity index (χ0) is 8.97. The number of halogens is 1. The monoisotopic (exact) mass is 243 g/mol. The lowest BCUT2D eigenvalue weighted by atomic mass is 10.4. The molecule has 0 aromatic carbocycles. The van der Waals surface area contributed by atoms with Crippen molar-refractivity contribution in [3.8, 4) is 12.3 Å². The minimum atomic E-state index is -0.122. The first-order valence-corrected chi connectivity index (χ1v) is 4.87. The number of carbonyl (C=O) groups excluding carboxylic acids is 1. The van der Waals surface area contributed by atoms with Crippen LogP contribution in [0.25, 0.3) is 0 Å². The van der Waals surface area contributed by atoms with Gasteiger partial charge in [0, 0.05) is 9.85 Å². The van der Waals surface area contributed by atoms with Crippen LogP contribution in [0, 0.1) is 12.3 Å². The molecule has 2 nitrogen and oxygen atoms in total. The molecule has 0 fully saturated rings. The summed E-state index contributed by atoms with van der Waals surface area (Å²) in [6, 6.07) is 1.76. The highest BCUT2D eigenvalue weighted by Crippen LogP contribution is 2.19. The lowest BCUT2D eigenvalue weighted by Gasteiger charge is -1.95. The average molecular weight is 244 g/mol. The van der Waals surface area contributed by atoms with Crippen LogP contribution in [-0.2, 0) is 0 Å². The van der Waals surface area contributed by atoms with E-state index < -0.39 is 0 Å². The van der Waals surface area contributed by atoms with Crippen LogP contribution in [-0.4, -0.2) is 12.5 Å². The second-order valence-electron chi connectivity index (χ2n) is 2.02. The molecular weight excluding hydrogens is 238 g/mol. The van der Waals surface area contributed by atoms with Crippen LogP contribution in [0.5, 0.6) is 0 Å². The van der Waals surface area contributed by atoms with Crippen LogP contribution >= 0.6 is 27.3 Å². The fraction of sp³-hybridized carbons (Fsp3) is 0.125. The van der Waals surface area contributed by atoms with Crippen molar-refractivity contribution in [1.82, 2.24) is 5.32 Å². The summed E-state index contributed by atoms with van der Waals surface area (Å²) < 4.78 is 0.915. The number of hydrogen-bond donors (Lipinski definition) is 1.